The van der Waals surface area contributed by atoms with Crippen molar-refractivity contribution in [2.24, 2.45) is 11.3 Å². The van der Waals surface area contributed by atoms with E-state index in [0.29, 0.717) is 12.5 Å². The van der Waals surface area contributed by atoms with Crippen LogP contribution in [0, 0.1) is 11.3 Å². The van der Waals surface area contributed by atoms with Gasteiger partial charge >= 0.3 is 5.97 Å². The van der Waals surface area contributed by atoms with Gasteiger partial charge < -0.3 is 4.74 Å². The van der Waals surface area contributed by atoms with Crippen LogP contribution < -0.4 is 0 Å². The fourth-order valence-electron chi connectivity index (χ4n) is 1.43. The van der Waals surface area contributed by atoms with Crippen LogP contribution in [0.5, 0.6) is 0 Å². The molecule has 0 bridgehead atoms. The quantitative estimate of drug-likeness (QED) is 0.617. The van der Waals surface area contributed by atoms with E-state index in [2.05, 4.69) is 13.8 Å². The SMILES string of the molecule is CCOC(=O)C(C)(C)CC(C)CC. The van der Waals surface area contributed by atoms with Crippen LogP contribution in [0.3, 0.4) is 0 Å². The van der Waals surface area contributed by atoms with Crippen LogP contribution in [0.15, 0.2) is 0 Å². The summed E-state index contributed by atoms with van der Waals surface area (Å²) in [5.74, 6) is 0.509. The van der Waals surface area contributed by atoms with Crippen LogP contribution in [0.4, 0.5) is 0 Å². The van der Waals surface area contributed by atoms with Crippen LogP contribution >= 0.6 is 0 Å². The minimum absolute atomic E-state index is 0.0738. The zero-order valence-corrected chi connectivity index (χ0v) is 9.52. The fourth-order valence-corrected chi connectivity index (χ4v) is 1.43. The van der Waals surface area contributed by atoms with Crippen molar-refractivity contribution in [1.82, 2.24) is 0 Å². The second-order valence-electron chi connectivity index (χ2n) is 4.32. The molecule has 0 amide bonds. The zero-order chi connectivity index (χ0) is 10.5. The van der Waals surface area contributed by atoms with Gasteiger partial charge in [0.25, 0.3) is 0 Å². The lowest BCUT2D eigenvalue weighted by Crippen LogP contribution is -2.28. The highest BCUT2D eigenvalue weighted by Crippen LogP contribution is 2.28. The highest BCUT2D eigenvalue weighted by atomic mass is 16.5. The van der Waals surface area contributed by atoms with Crippen molar-refractivity contribution in [2.75, 3.05) is 6.61 Å². The lowest BCUT2D eigenvalue weighted by molar-refractivity contribution is -0.154. The Labute approximate surface area is 81.7 Å². The normalized spacial score (nSPS) is 13.9. The topological polar surface area (TPSA) is 26.3 Å². The van der Waals surface area contributed by atoms with Gasteiger partial charge in [-0.15, -0.1) is 0 Å². The Kier molecular flexibility index (Phi) is 5.04. The molecule has 0 aromatic carbocycles. The number of rotatable bonds is 5. The van der Waals surface area contributed by atoms with Crippen LogP contribution in [0.25, 0.3) is 0 Å². The maximum Gasteiger partial charge on any atom is 0.311 e. The molecule has 0 aliphatic carbocycles. The number of ether oxygens (including phenoxy) is 1. The Hall–Kier alpha value is -0.530. The average molecular weight is 186 g/mol. The molecule has 0 rings (SSSR count). The molecule has 0 aliphatic rings. The molecule has 0 fully saturated rings. The summed E-state index contributed by atoms with van der Waals surface area (Å²) in [6, 6.07) is 0. The fraction of sp³-hybridized carbons (Fsp3) is 0.909. The van der Waals surface area contributed by atoms with E-state index >= 15 is 0 Å². The zero-order valence-electron chi connectivity index (χ0n) is 9.52. The maximum atomic E-state index is 11.5. The lowest BCUT2D eigenvalue weighted by Gasteiger charge is -2.25. The summed E-state index contributed by atoms with van der Waals surface area (Å²) >= 11 is 0. The number of esters is 1. The van der Waals surface area contributed by atoms with E-state index in [1.54, 1.807) is 0 Å². The Bertz CT molecular complexity index is 161. The molecular formula is C11H22O2. The predicted octanol–water partition coefficient (Wildman–Crippen LogP) is 3.01. The van der Waals surface area contributed by atoms with Crippen LogP contribution in [-0.4, -0.2) is 12.6 Å². The Balaban J connectivity index is 4.13. The van der Waals surface area contributed by atoms with E-state index < -0.39 is 0 Å². The first kappa shape index (κ1) is 12.5. The molecule has 1 atom stereocenters. The highest BCUT2D eigenvalue weighted by molar-refractivity contribution is 5.75. The molecule has 0 aromatic rings. The molecule has 0 saturated heterocycles. The second kappa shape index (κ2) is 5.25. The van der Waals surface area contributed by atoms with Gasteiger partial charge in [0, 0.05) is 0 Å². The lowest BCUT2D eigenvalue weighted by atomic mass is 9.82. The van der Waals surface area contributed by atoms with Crippen molar-refractivity contribution in [3.8, 4) is 0 Å². The Morgan fingerprint density at radius 1 is 1.38 bits per heavy atom. The largest absolute Gasteiger partial charge is 0.466 e. The Morgan fingerprint density at radius 2 is 1.92 bits per heavy atom. The van der Waals surface area contributed by atoms with Crippen LogP contribution in [0.2, 0.25) is 0 Å². The summed E-state index contributed by atoms with van der Waals surface area (Å²) in [5, 5.41) is 0. The minimum Gasteiger partial charge on any atom is -0.466 e. The molecule has 0 heterocycles. The summed E-state index contributed by atoms with van der Waals surface area (Å²) in [6.07, 6.45) is 2.02. The van der Waals surface area contributed by atoms with Crippen LogP contribution in [-0.2, 0) is 9.53 Å². The molecule has 2 heteroatoms. The first-order valence-electron chi connectivity index (χ1n) is 5.11. The summed E-state index contributed by atoms with van der Waals surface area (Å²) in [7, 11) is 0. The molecule has 0 N–H and O–H groups in total. The standard InChI is InChI=1S/C11H22O2/c1-6-9(3)8-11(4,5)10(12)13-7-2/h9H,6-8H2,1-5H3. The van der Waals surface area contributed by atoms with E-state index in [9.17, 15) is 4.79 Å². The number of carbonyl (C=O) groups excluding carboxylic acids is 1. The molecule has 0 aromatic heterocycles. The Morgan fingerprint density at radius 3 is 2.31 bits per heavy atom. The summed E-state index contributed by atoms with van der Waals surface area (Å²) in [6.45, 7) is 10.5. The maximum absolute atomic E-state index is 11.5. The van der Waals surface area contributed by atoms with Gasteiger partial charge in [0.05, 0.1) is 12.0 Å². The molecular weight excluding hydrogens is 164 g/mol. The summed E-state index contributed by atoms with van der Waals surface area (Å²) in [5.41, 5.74) is -0.328. The highest BCUT2D eigenvalue weighted by Gasteiger charge is 2.30. The molecule has 13 heavy (non-hydrogen) atoms. The van der Waals surface area contributed by atoms with E-state index in [-0.39, 0.29) is 11.4 Å². The third kappa shape index (κ3) is 4.30. The van der Waals surface area contributed by atoms with Gasteiger partial charge in [-0.2, -0.15) is 0 Å². The van der Waals surface area contributed by atoms with E-state index in [0.717, 1.165) is 12.8 Å². The number of carbonyl (C=O) groups is 1. The van der Waals surface area contributed by atoms with Crippen molar-refractivity contribution < 1.29 is 9.53 Å². The minimum atomic E-state index is -0.328. The molecule has 0 saturated carbocycles. The molecule has 0 spiro atoms. The van der Waals surface area contributed by atoms with Crippen molar-refractivity contribution >= 4 is 5.97 Å². The van der Waals surface area contributed by atoms with Gasteiger partial charge in [-0.05, 0) is 33.1 Å². The number of hydrogen-bond acceptors (Lipinski definition) is 2. The van der Waals surface area contributed by atoms with E-state index in [1.165, 1.54) is 0 Å². The third-order valence-electron chi connectivity index (χ3n) is 2.38. The smallest absolute Gasteiger partial charge is 0.311 e. The van der Waals surface area contributed by atoms with E-state index in [4.69, 9.17) is 4.74 Å². The molecule has 78 valence electrons. The van der Waals surface area contributed by atoms with Crippen molar-refractivity contribution in [3.63, 3.8) is 0 Å². The first-order valence-corrected chi connectivity index (χ1v) is 5.11. The second-order valence-corrected chi connectivity index (χ2v) is 4.32. The third-order valence-corrected chi connectivity index (χ3v) is 2.38. The molecule has 1 unspecified atom stereocenters. The van der Waals surface area contributed by atoms with E-state index in [1.807, 2.05) is 20.8 Å². The van der Waals surface area contributed by atoms with Gasteiger partial charge in [-0.25, -0.2) is 0 Å². The van der Waals surface area contributed by atoms with Gasteiger partial charge in [-0.1, -0.05) is 20.3 Å². The van der Waals surface area contributed by atoms with Gasteiger partial charge in [0.1, 0.15) is 0 Å². The first-order chi connectivity index (χ1) is 5.94. The van der Waals surface area contributed by atoms with Gasteiger partial charge in [0.2, 0.25) is 0 Å². The number of hydrogen-bond donors (Lipinski definition) is 0. The predicted molar refractivity (Wildman–Crippen MR) is 54.5 cm³/mol. The summed E-state index contributed by atoms with van der Waals surface area (Å²) < 4.78 is 5.01. The van der Waals surface area contributed by atoms with Gasteiger partial charge in [0.15, 0.2) is 0 Å². The van der Waals surface area contributed by atoms with Crippen molar-refractivity contribution in [1.29, 1.82) is 0 Å². The van der Waals surface area contributed by atoms with Gasteiger partial charge in [-0.3, -0.25) is 4.79 Å². The molecule has 0 radical (unpaired) electrons. The average Bonchev–Trinajstić information content (AvgIpc) is 2.04. The van der Waals surface area contributed by atoms with Crippen molar-refractivity contribution in [2.45, 2.75) is 47.5 Å². The molecule has 2 nitrogen and oxygen atoms in total. The monoisotopic (exact) mass is 186 g/mol. The summed E-state index contributed by atoms with van der Waals surface area (Å²) in [4.78, 5) is 11.5. The van der Waals surface area contributed by atoms with Crippen LogP contribution in [0.1, 0.15) is 47.5 Å². The molecule has 0 aliphatic heterocycles. The van der Waals surface area contributed by atoms with Crippen molar-refractivity contribution in [3.05, 3.63) is 0 Å².